The van der Waals surface area contributed by atoms with Crippen molar-refractivity contribution in [2.24, 2.45) is 0 Å². The van der Waals surface area contributed by atoms with Crippen LogP contribution in [-0.2, 0) is 0 Å². The van der Waals surface area contributed by atoms with Crippen molar-refractivity contribution in [1.29, 1.82) is 0 Å². The third kappa shape index (κ3) is 4.73. The molecule has 0 unspecified atom stereocenters. The van der Waals surface area contributed by atoms with E-state index in [1.807, 2.05) is 30.3 Å². The van der Waals surface area contributed by atoms with Gasteiger partial charge in [0.05, 0.1) is 0 Å². The number of rotatable bonds is 4. The Hall–Kier alpha value is -7.17. The van der Waals surface area contributed by atoms with E-state index in [2.05, 4.69) is 146 Å². The fourth-order valence-corrected chi connectivity index (χ4v) is 8.05. The van der Waals surface area contributed by atoms with Crippen molar-refractivity contribution in [1.82, 2.24) is 15.0 Å². The van der Waals surface area contributed by atoms with E-state index in [0.29, 0.717) is 17.5 Å². The Balaban J connectivity index is 1.18. The summed E-state index contributed by atoms with van der Waals surface area (Å²) in [6, 6.07) is 61.7. The molecule has 0 amide bonds. The van der Waals surface area contributed by atoms with Gasteiger partial charge in [0.1, 0.15) is 11.2 Å². The fraction of sp³-hybridized carbons (Fsp3) is 0. The maximum atomic E-state index is 6.30. The van der Waals surface area contributed by atoms with E-state index in [-0.39, 0.29) is 0 Å². The minimum Gasteiger partial charge on any atom is -0.456 e. The van der Waals surface area contributed by atoms with Crippen LogP contribution in [0.2, 0.25) is 0 Å². The quantitative estimate of drug-likeness (QED) is 0.174. The van der Waals surface area contributed by atoms with E-state index >= 15 is 0 Å². The minimum absolute atomic E-state index is 0.598. The molecular formula is C49H29N3O. The van der Waals surface area contributed by atoms with Crippen LogP contribution in [0.15, 0.2) is 180 Å². The first-order valence-corrected chi connectivity index (χ1v) is 17.9. The van der Waals surface area contributed by atoms with Crippen molar-refractivity contribution in [3.8, 4) is 45.3 Å². The van der Waals surface area contributed by atoms with Gasteiger partial charge >= 0.3 is 0 Å². The molecule has 0 atom stereocenters. The maximum Gasteiger partial charge on any atom is 0.164 e. The lowest BCUT2D eigenvalue weighted by molar-refractivity contribution is 0.669. The van der Waals surface area contributed by atoms with Crippen LogP contribution in [-0.4, -0.2) is 15.0 Å². The molecule has 2 aromatic heterocycles. The van der Waals surface area contributed by atoms with E-state index in [1.165, 1.54) is 37.7 Å². The van der Waals surface area contributed by atoms with Crippen LogP contribution in [0, 0.1) is 0 Å². The van der Waals surface area contributed by atoms with E-state index in [0.717, 1.165) is 55.1 Å². The lowest BCUT2D eigenvalue weighted by Crippen LogP contribution is -2.01. The summed E-state index contributed by atoms with van der Waals surface area (Å²) in [5, 5.41) is 11.7. The molecule has 0 radical (unpaired) electrons. The first-order chi connectivity index (χ1) is 26.3. The summed E-state index contributed by atoms with van der Waals surface area (Å²) in [4.78, 5) is 15.7. The summed E-state index contributed by atoms with van der Waals surface area (Å²) >= 11 is 0. The molecule has 246 valence electrons. The van der Waals surface area contributed by atoms with Gasteiger partial charge in [0.25, 0.3) is 0 Å². The molecular weight excluding hydrogens is 647 g/mol. The van der Waals surface area contributed by atoms with Crippen LogP contribution in [0.3, 0.4) is 0 Å². The molecule has 0 saturated carbocycles. The molecule has 11 rings (SSSR count). The number of aromatic nitrogens is 3. The first kappa shape index (κ1) is 29.5. The number of nitrogens with zero attached hydrogens (tertiary/aromatic N) is 3. The van der Waals surface area contributed by atoms with Gasteiger partial charge in [-0.25, -0.2) is 15.0 Å². The van der Waals surface area contributed by atoms with Gasteiger partial charge in [0.15, 0.2) is 17.5 Å². The van der Waals surface area contributed by atoms with Crippen LogP contribution in [0.1, 0.15) is 0 Å². The highest BCUT2D eigenvalue weighted by atomic mass is 16.3. The van der Waals surface area contributed by atoms with Gasteiger partial charge in [-0.15, -0.1) is 0 Å². The van der Waals surface area contributed by atoms with E-state index < -0.39 is 0 Å². The average Bonchev–Trinajstić information content (AvgIpc) is 3.62. The zero-order chi connectivity index (χ0) is 34.9. The molecule has 0 N–H and O–H groups in total. The third-order valence-corrected chi connectivity index (χ3v) is 10.5. The largest absolute Gasteiger partial charge is 0.456 e. The lowest BCUT2D eigenvalue weighted by Gasteiger charge is -2.15. The predicted octanol–water partition coefficient (Wildman–Crippen LogP) is 13.1. The Labute approximate surface area is 304 Å². The van der Waals surface area contributed by atoms with Crippen molar-refractivity contribution in [2.75, 3.05) is 0 Å². The summed E-state index contributed by atoms with van der Waals surface area (Å²) in [6.45, 7) is 0. The van der Waals surface area contributed by atoms with Gasteiger partial charge in [-0.05, 0) is 72.4 Å². The van der Waals surface area contributed by atoms with Gasteiger partial charge in [-0.1, -0.05) is 158 Å². The highest BCUT2D eigenvalue weighted by molar-refractivity contribution is 6.22. The molecule has 11 aromatic rings. The SMILES string of the molecule is c1ccc(-c2cccc3c2ccc2ccc4ccccc4c23)c(-c2nc(-c3ccc4ccccc4c3)nc(-c3cccc4oc5ccccc5c34)n2)c1. The van der Waals surface area contributed by atoms with E-state index in [9.17, 15) is 0 Å². The Morgan fingerprint density at radius 1 is 0.302 bits per heavy atom. The highest BCUT2D eigenvalue weighted by Crippen LogP contribution is 2.41. The number of furan rings is 1. The van der Waals surface area contributed by atoms with Gasteiger partial charge in [-0.2, -0.15) is 0 Å². The summed E-state index contributed by atoms with van der Waals surface area (Å²) in [5.41, 5.74) is 6.59. The molecule has 0 aliphatic carbocycles. The zero-order valence-corrected chi connectivity index (χ0v) is 28.5. The Morgan fingerprint density at radius 3 is 1.79 bits per heavy atom. The van der Waals surface area contributed by atoms with Crippen LogP contribution in [0.25, 0.3) is 110 Å². The van der Waals surface area contributed by atoms with Crippen molar-refractivity contribution in [3.63, 3.8) is 0 Å². The van der Waals surface area contributed by atoms with E-state index in [4.69, 9.17) is 19.4 Å². The van der Waals surface area contributed by atoms with Crippen molar-refractivity contribution in [3.05, 3.63) is 176 Å². The van der Waals surface area contributed by atoms with Gasteiger partial charge in [0, 0.05) is 27.5 Å². The predicted molar refractivity (Wildman–Crippen MR) is 219 cm³/mol. The third-order valence-electron chi connectivity index (χ3n) is 10.5. The summed E-state index contributed by atoms with van der Waals surface area (Å²) in [5.74, 6) is 1.83. The van der Waals surface area contributed by atoms with Crippen LogP contribution in [0.5, 0.6) is 0 Å². The molecule has 9 aromatic carbocycles. The number of benzene rings is 9. The smallest absolute Gasteiger partial charge is 0.164 e. The standard InChI is InChI=1S/C49H29N3O/c1-2-13-33-29-34(26-23-30(33)11-1)47-50-48(52-49(51-47)42-20-10-22-44-46(42)41-17-7-8-21-43(41)53-44)40-16-6-5-15-37(40)36-18-9-19-39-38(36)28-27-32-25-24-31-12-3-4-14-35(31)45(32)39/h1-29H. The molecule has 0 aliphatic heterocycles. The maximum absolute atomic E-state index is 6.30. The summed E-state index contributed by atoms with van der Waals surface area (Å²) in [6.07, 6.45) is 0. The van der Waals surface area contributed by atoms with Crippen LogP contribution >= 0.6 is 0 Å². The van der Waals surface area contributed by atoms with Crippen LogP contribution < -0.4 is 0 Å². The average molecular weight is 676 g/mol. The van der Waals surface area contributed by atoms with Crippen molar-refractivity contribution >= 4 is 65.0 Å². The van der Waals surface area contributed by atoms with E-state index in [1.54, 1.807) is 0 Å². The number of fused-ring (bicyclic) bond motifs is 9. The van der Waals surface area contributed by atoms with Crippen molar-refractivity contribution < 1.29 is 4.42 Å². The molecule has 4 nitrogen and oxygen atoms in total. The van der Waals surface area contributed by atoms with Crippen molar-refractivity contribution in [2.45, 2.75) is 0 Å². The lowest BCUT2D eigenvalue weighted by atomic mass is 9.90. The number of hydrogen-bond donors (Lipinski definition) is 0. The van der Waals surface area contributed by atoms with Gasteiger partial charge < -0.3 is 4.42 Å². The molecule has 53 heavy (non-hydrogen) atoms. The normalized spacial score (nSPS) is 11.8. The Bertz CT molecular complexity index is 3250. The molecule has 2 heterocycles. The number of para-hydroxylation sites is 1. The summed E-state index contributed by atoms with van der Waals surface area (Å²) in [7, 11) is 0. The molecule has 0 saturated heterocycles. The van der Waals surface area contributed by atoms with Gasteiger partial charge in [-0.3, -0.25) is 0 Å². The molecule has 4 heteroatoms. The molecule has 0 spiro atoms. The topological polar surface area (TPSA) is 51.8 Å². The monoisotopic (exact) mass is 675 g/mol. The first-order valence-electron chi connectivity index (χ1n) is 17.9. The fourth-order valence-electron chi connectivity index (χ4n) is 8.05. The van der Waals surface area contributed by atoms with Gasteiger partial charge in [0.2, 0.25) is 0 Å². The molecule has 0 fully saturated rings. The second kappa shape index (κ2) is 11.7. The Kier molecular flexibility index (Phi) is 6.52. The number of hydrogen-bond acceptors (Lipinski definition) is 4. The second-order valence-electron chi connectivity index (χ2n) is 13.5. The second-order valence-corrected chi connectivity index (χ2v) is 13.5. The Morgan fingerprint density at radius 2 is 0.887 bits per heavy atom. The van der Waals surface area contributed by atoms with Crippen LogP contribution in [0.4, 0.5) is 0 Å². The zero-order valence-electron chi connectivity index (χ0n) is 28.5. The molecule has 0 bridgehead atoms. The molecule has 0 aliphatic rings. The minimum atomic E-state index is 0.598. The summed E-state index contributed by atoms with van der Waals surface area (Å²) < 4.78 is 6.30. The highest BCUT2D eigenvalue weighted by Gasteiger charge is 2.20.